The molecule has 1 aliphatic rings. The van der Waals surface area contributed by atoms with Crippen LogP contribution in [0.3, 0.4) is 0 Å². The van der Waals surface area contributed by atoms with Crippen LogP contribution in [0.5, 0.6) is 0 Å². The predicted molar refractivity (Wildman–Crippen MR) is 90.0 cm³/mol. The lowest BCUT2D eigenvalue weighted by atomic mass is 9.73. The summed E-state index contributed by atoms with van der Waals surface area (Å²) in [6.07, 6.45) is 4.81. The van der Waals surface area contributed by atoms with Crippen LogP contribution in [-0.4, -0.2) is 22.8 Å². The first-order valence-electron chi connectivity index (χ1n) is 7.57. The average molecular weight is 304 g/mol. The van der Waals surface area contributed by atoms with Gasteiger partial charge in [0.15, 0.2) is 0 Å². The lowest BCUT2D eigenvalue weighted by Crippen LogP contribution is -2.50. The molecule has 2 N–H and O–H groups in total. The second-order valence-electron chi connectivity index (χ2n) is 6.09. The lowest BCUT2D eigenvalue weighted by molar-refractivity contribution is -0.138. The van der Waals surface area contributed by atoms with Crippen LogP contribution in [0.1, 0.15) is 43.2 Å². The number of carbonyl (C=O) groups excluding carboxylic acids is 1. The zero-order chi connectivity index (χ0) is 15.5. The van der Waals surface area contributed by atoms with E-state index in [-0.39, 0.29) is 5.91 Å². The van der Waals surface area contributed by atoms with Gasteiger partial charge in [-0.1, -0.05) is 55.7 Å². The van der Waals surface area contributed by atoms with Gasteiger partial charge in [-0.15, -0.1) is 0 Å². The largest absolute Gasteiger partial charge is 0.392 e. The Hall–Kier alpha value is -1.42. The van der Waals surface area contributed by atoms with Gasteiger partial charge in [-0.05, 0) is 30.9 Å². The van der Waals surface area contributed by atoms with Gasteiger partial charge in [-0.2, -0.15) is 0 Å². The normalized spacial score (nSPS) is 17.2. The Morgan fingerprint density at radius 3 is 2.48 bits per heavy atom. The van der Waals surface area contributed by atoms with E-state index in [0.717, 1.165) is 25.7 Å². The van der Waals surface area contributed by atoms with Gasteiger partial charge in [-0.3, -0.25) is 4.79 Å². The van der Waals surface area contributed by atoms with Crippen LogP contribution in [0, 0.1) is 12.3 Å². The molecule has 0 aliphatic heterocycles. The van der Waals surface area contributed by atoms with Crippen LogP contribution in [-0.2, 0) is 11.3 Å². The van der Waals surface area contributed by atoms with E-state index in [1.807, 2.05) is 19.2 Å². The van der Waals surface area contributed by atoms with Crippen molar-refractivity contribution >= 4 is 23.1 Å². The summed E-state index contributed by atoms with van der Waals surface area (Å²) in [7, 11) is 1.85. The van der Waals surface area contributed by atoms with Gasteiger partial charge in [0.2, 0.25) is 5.91 Å². The first-order chi connectivity index (χ1) is 9.97. The van der Waals surface area contributed by atoms with Gasteiger partial charge >= 0.3 is 0 Å². The minimum Gasteiger partial charge on any atom is -0.392 e. The van der Waals surface area contributed by atoms with Crippen molar-refractivity contribution < 1.29 is 4.79 Å². The summed E-state index contributed by atoms with van der Waals surface area (Å²) in [4.78, 5) is 15.1. The number of benzene rings is 1. The maximum atomic E-state index is 12.9. The first-order valence-corrected chi connectivity index (χ1v) is 7.98. The zero-order valence-electron chi connectivity index (χ0n) is 12.9. The molecule has 0 atom stereocenters. The summed E-state index contributed by atoms with van der Waals surface area (Å²) in [6, 6.07) is 8.15. The Balaban J connectivity index is 2.17. The topological polar surface area (TPSA) is 46.3 Å². The van der Waals surface area contributed by atoms with E-state index in [4.69, 9.17) is 18.0 Å². The van der Waals surface area contributed by atoms with Gasteiger partial charge in [0.1, 0.15) is 0 Å². The van der Waals surface area contributed by atoms with Gasteiger partial charge in [0, 0.05) is 13.6 Å². The summed E-state index contributed by atoms with van der Waals surface area (Å²) in [6.45, 7) is 2.67. The lowest BCUT2D eigenvalue weighted by Gasteiger charge is -2.38. The van der Waals surface area contributed by atoms with Crippen molar-refractivity contribution in [3.63, 3.8) is 0 Å². The van der Waals surface area contributed by atoms with Gasteiger partial charge < -0.3 is 10.6 Å². The van der Waals surface area contributed by atoms with Crippen LogP contribution >= 0.6 is 12.2 Å². The van der Waals surface area contributed by atoms with Crippen molar-refractivity contribution in [3.05, 3.63) is 35.4 Å². The number of thiocarbonyl (C=S) groups is 1. The van der Waals surface area contributed by atoms with Crippen molar-refractivity contribution in [1.29, 1.82) is 0 Å². The van der Waals surface area contributed by atoms with Crippen LogP contribution < -0.4 is 5.73 Å². The molecular formula is C17H24N2OS. The molecule has 0 bridgehead atoms. The quantitative estimate of drug-likeness (QED) is 0.869. The smallest absolute Gasteiger partial charge is 0.235 e. The molecule has 4 heteroatoms. The number of aryl methyl sites for hydroxylation is 1. The third-order valence-electron chi connectivity index (χ3n) is 4.60. The number of nitrogens with two attached hydrogens (primary N) is 1. The number of carbonyl (C=O) groups is 1. The molecule has 0 aromatic heterocycles. The van der Waals surface area contributed by atoms with Gasteiger partial charge in [0.25, 0.3) is 0 Å². The number of hydrogen-bond acceptors (Lipinski definition) is 2. The molecule has 1 saturated carbocycles. The van der Waals surface area contributed by atoms with Crippen molar-refractivity contribution in [3.8, 4) is 0 Å². The SMILES string of the molecule is Cc1ccccc1CN(C)C(=O)C1(C(N)=S)CCCCC1. The van der Waals surface area contributed by atoms with E-state index in [2.05, 4.69) is 19.1 Å². The molecule has 3 nitrogen and oxygen atoms in total. The summed E-state index contributed by atoms with van der Waals surface area (Å²) < 4.78 is 0. The molecular weight excluding hydrogens is 280 g/mol. The molecule has 2 rings (SSSR count). The average Bonchev–Trinajstić information content (AvgIpc) is 2.49. The minimum absolute atomic E-state index is 0.0814. The molecule has 1 aliphatic carbocycles. The Bertz CT molecular complexity index is 535. The van der Waals surface area contributed by atoms with Crippen LogP contribution in [0.15, 0.2) is 24.3 Å². The van der Waals surface area contributed by atoms with Crippen molar-refractivity contribution in [1.82, 2.24) is 4.90 Å². The highest BCUT2D eigenvalue weighted by Gasteiger charge is 2.43. The van der Waals surface area contributed by atoms with E-state index in [1.54, 1.807) is 4.90 Å². The van der Waals surface area contributed by atoms with E-state index in [0.29, 0.717) is 11.5 Å². The van der Waals surface area contributed by atoms with Crippen LogP contribution in [0.4, 0.5) is 0 Å². The van der Waals surface area contributed by atoms with E-state index in [9.17, 15) is 4.79 Å². The second-order valence-corrected chi connectivity index (χ2v) is 6.53. The number of amides is 1. The first kappa shape index (κ1) is 16.0. The second kappa shape index (κ2) is 6.56. The highest BCUT2D eigenvalue weighted by atomic mass is 32.1. The molecule has 0 spiro atoms. The molecule has 1 amide bonds. The predicted octanol–water partition coefficient (Wildman–Crippen LogP) is 3.19. The maximum Gasteiger partial charge on any atom is 0.235 e. The number of rotatable bonds is 4. The van der Waals surface area contributed by atoms with Crippen molar-refractivity contribution in [2.24, 2.45) is 11.1 Å². The minimum atomic E-state index is -0.620. The Morgan fingerprint density at radius 2 is 1.90 bits per heavy atom. The Labute approximate surface area is 132 Å². The molecule has 0 heterocycles. The molecule has 0 radical (unpaired) electrons. The summed E-state index contributed by atoms with van der Waals surface area (Å²) >= 11 is 5.24. The molecule has 1 fully saturated rings. The number of nitrogens with zero attached hydrogens (tertiary/aromatic N) is 1. The van der Waals surface area contributed by atoms with E-state index in [1.165, 1.54) is 17.5 Å². The fraction of sp³-hybridized carbons (Fsp3) is 0.529. The fourth-order valence-electron chi connectivity index (χ4n) is 3.20. The third kappa shape index (κ3) is 3.26. The molecule has 21 heavy (non-hydrogen) atoms. The van der Waals surface area contributed by atoms with E-state index >= 15 is 0 Å². The molecule has 1 aromatic carbocycles. The number of hydrogen-bond donors (Lipinski definition) is 1. The van der Waals surface area contributed by atoms with Crippen molar-refractivity contribution in [2.75, 3.05) is 7.05 Å². The van der Waals surface area contributed by atoms with Crippen LogP contribution in [0.25, 0.3) is 0 Å². The van der Waals surface area contributed by atoms with Crippen molar-refractivity contribution in [2.45, 2.75) is 45.6 Å². The fourth-order valence-corrected chi connectivity index (χ4v) is 3.49. The molecule has 0 unspecified atom stereocenters. The van der Waals surface area contributed by atoms with Crippen LogP contribution in [0.2, 0.25) is 0 Å². The van der Waals surface area contributed by atoms with E-state index < -0.39 is 5.41 Å². The summed E-state index contributed by atoms with van der Waals surface area (Å²) in [5.74, 6) is 0.0814. The molecule has 1 aromatic rings. The molecule has 0 saturated heterocycles. The third-order valence-corrected chi connectivity index (χ3v) is 4.99. The monoisotopic (exact) mass is 304 g/mol. The highest BCUT2D eigenvalue weighted by molar-refractivity contribution is 7.80. The summed E-state index contributed by atoms with van der Waals surface area (Å²) in [5, 5.41) is 0. The van der Waals surface area contributed by atoms with Gasteiger partial charge in [0.05, 0.1) is 10.4 Å². The Kier molecular flexibility index (Phi) is 4.99. The van der Waals surface area contributed by atoms with Gasteiger partial charge in [-0.25, -0.2) is 0 Å². The summed E-state index contributed by atoms with van der Waals surface area (Å²) in [5.41, 5.74) is 7.70. The molecule has 114 valence electrons. The maximum absolute atomic E-state index is 12.9. The zero-order valence-corrected chi connectivity index (χ0v) is 13.7. The Morgan fingerprint density at radius 1 is 1.29 bits per heavy atom. The standard InChI is InChI=1S/C17H24N2OS/c1-13-8-4-5-9-14(13)12-19(2)16(20)17(15(18)21)10-6-3-7-11-17/h4-5,8-9H,3,6-7,10-12H2,1-2H3,(H2,18,21). The highest BCUT2D eigenvalue weighted by Crippen LogP contribution is 2.38.